The summed E-state index contributed by atoms with van der Waals surface area (Å²) in [7, 11) is 0. The van der Waals surface area contributed by atoms with Gasteiger partial charge in [0.2, 0.25) is 0 Å². The van der Waals surface area contributed by atoms with Crippen molar-refractivity contribution in [3.63, 3.8) is 0 Å². The first-order chi connectivity index (χ1) is 13.5. The number of hydrogen-bond donors (Lipinski definition) is 1. The molecule has 0 aliphatic carbocycles. The molecule has 1 amide bonds. The van der Waals surface area contributed by atoms with Gasteiger partial charge >= 0.3 is 0 Å². The van der Waals surface area contributed by atoms with Gasteiger partial charge in [0, 0.05) is 24.2 Å². The molecule has 146 valence electrons. The van der Waals surface area contributed by atoms with Crippen molar-refractivity contribution in [1.29, 1.82) is 0 Å². The second-order valence-corrected chi connectivity index (χ2v) is 8.22. The van der Waals surface area contributed by atoms with Gasteiger partial charge in [-0.2, -0.15) is 0 Å². The minimum absolute atomic E-state index is 0.0132. The largest absolute Gasteiger partial charge is 0.339 e. The molecule has 0 bridgehead atoms. The quantitative estimate of drug-likeness (QED) is 0.833. The van der Waals surface area contributed by atoms with Gasteiger partial charge in [-0.05, 0) is 74.9 Å². The van der Waals surface area contributed by atoms with E-state index in [-0.39, 0.29) is 11.7 Å². The number of nitrogens with one attached hydrogen (secondary N) is 1. The summed E-state index contributed by atoms with van der Waals surface area (Å²) in [4.78, 5) is 28.4. The van der Waals surface area contributed by atoms with E-state index < -0.39 is 0 Å². The van der Waals surface area contributed by atoms with Crippen LogP contribution in [0.25, 0.3) is 0 Å². The van der Waals surface area contributed by atoms with E-state index in [9.17, 15) is 9.59 Å². The normalized spacial score (nSPS) is 21.9. The summed E-state index contributed by atoms with van der Waals surface area (Å²) in [6, 6.07) is 13.0. The molecule has 2 aliphatic rings. The van der Waals surface area contributed by atoms with Crippen LogP contribution in [0.5, 0.6) is 0 Å². The number of aryl methyl sites for hydroxylation is 2. The first kappa shape index (κ1) is 18.9. The van der Waals surface area contributed by atoms with Crippen molar-refractivity contribution in [3.05, 3.63) is 70.3 Å². The third kappa shape index (κ3) is 3.61. The van der Waals surface area contributed by atoms with Gasteiger partial charge in [0.25, 0.3) is 5.91 Å². The van der Waals surface area contributed by atoms with Gasteiger partial charge in [0.05, 0.1) is 5.56 Å². The zero-order chi connectivity index (χ0) is 19.7. The molecule has 4 heteroatoms. The fourth-order valence-corrected chi connectivity index (χ4v) is 4.50. The van der Waals surface area contributed by atoms with Crippen LogP contribution in [-0.4, -0.2) is 42.8 Å². The lowest BCUT2D eigenvalue weighted by molar-refractivity contribution is 0.0754. The smallest absolute Gasteiger partial charge is 0.254 e. The van der Waals surface area contributed by atoms with E-state index in [1.165, 1.54) is 0 Å². The summed E-state index contributed by atoms with van der Waals surface area (Å²) in [5, 5.41) is 3.47. The molecule has 2 aromatic rings. The first-order valence-corrected chi connectivity index (χ1v) is 10.3. The summed E-state index contributed by atoms with van der Waals surface area (Å²) >= 11 is 0. The van der Waals surface area contributed by atoms with E-state index in [1.807, 2.05) is 49.1 Å². The van der Waals surface area contributed by atoms with Crippen LogP contribution < -0.4 is 5.32 Å². The Bertz CT molecular complexity index is 891. The number of nitrogens with zero attached hydrogens (tertiary/aromatic N) is 1. The van der Waals surface area contributed by atoms with Crippen molar-refractivity contribution in [1.82, 2.24) is 10.2 Å². The van der Waals surface area contributed by atoms with Gasteiger partial charge in [-0.25, -0.2) is 0 Å². The Morgan fingerprint density at radius 3 is 2.18 bits per heavy atom. The van der Waals surface area contributed by atoms with Crippen LogP contribution in [0, 0.1) is 25.7 Å². The highest BCUT2D eigenvalue weighted by Crippen LogP contribution is 2.28. The van der Waals surface area contributed by atoms with E-state index >= 15 is 0 Å². The van der Waals surface area contributed by atoms with Crippen molar-refractivity contribution < 1.29 is 9.59 Å². The molecule has 4 rings (SSSR count). The van der Waals surface area contributed by atoms with Gasteiger partial charge in [0.1, 0.15) is 0 Å². The Morgan fingerprint density at radius 1 is 0.893 bits per heavy atom. The molecule has 1 N–H and O–H groups in total. The average Bonchev–Trinajstić information content (AvgIpc) is 3.07. The zero-order valence-corrected chi connectivity index (χ0v) is 16.7. The highest BCUT2D eigenvalue weighted by Gasteiger charge is 2.32. The van der Waals surface area contributed by atoms with Crippen molar-refractivity contribution in [2.24, 2.45) is 11.8 Å². The van der Waals surface area contributed by atoms with Crippen LogP contribution in [0.15, 0.2) is 42.5 Å². The van der Waals surface area contributed by atoms with Gasteiger partial charge < -0.3 is 10.2 Å². The maximum Gasteiger partial charge on any atom is 0.254 e. The number of amides is 1. The monoisotopic (exact) mass is 376 g/mol. The third-order valence-corrected chi connectivity index (χ3v) is 6.48. The summed E-state index contributed by atoms with van der Waals surface area (Å²) < 4.78 is 0. The van der Waals surface area contributed by atoms with E-state index in [2.05, 4.69) is 5.32 Å². The molecule has 0 radical (unpaired) electrons. The van der Waals surface area contributed by atoms with Crippen LogP contribution in [0.1, 0.15) is 50.2 Å². The van der Waals surface area contributed by atoms with Crippen molar-refractivity contribution in [3.8, 4) is 0 Å². The van der Waals surface area contributed by atoms with E-state index in [4.69, 9.17) is 0 Å². The maximum atomic E-state index is 13.3. The Morgan fingerprint density at radius 2 is 1.54 bits per heavy atom. The Balaban J connectivity index is 1.59. The number of carbonyl (C=O) groups is 2. The van der Waals surface area contributed by atoms with Crippen LogP contribution in [0.4, 0.5) is 0 Å². The van der Waals surface area contributed by atoms with Gasteiger partial charge in [-0.3, -0.25) is 9.59 Å². The molecule has 2 aliphatic heterocycles. The van der Waals surface area contributed by atoms with E-state index in [0.717, 1.165) is 50.1 Å². The molecule has 2 saturated heterocycles. The van der Waals surface area contributed by atoms with E-state index in [1.54, 1.807) is 12.1 Å². The second-order valence-electron chi connectivity index (χ2n) is 8.22. The summed E-state index contributed by atoms with van der Waals surface area (Å²) in [6.45, 7) is 7.71. The molecule has 2 fully saturated rings. The second kappa shape index (κ2) is 7.88. The topological polar surface area (TPSA) is 49.4 Å². The molecule has 2 heterocycles. The van der Waals surface area contributed by atoms with Crippen molar-refractivity contribution in [2.45, 2.75) is 26.7 Å². The van der Waals surface area contributed by atoms with E-state index in [0.29, 0.717) is 28.5 Å². The van der Waals surface area contributed by atoms with Crippen LogP contribution in [0.3, 0.4) is 0 Å². The summed E-state index contributed by atoms with van der Waals surface area (Å²) in [6.07, 6.45) is 2.08. The molecule has 2 atom stereocenters. The standard InChI is InChI=1S/C24H28N2O2/c1-16-7-8-18(13-17(16)2)23(27)21-5-3-4-6-22(21)24(28)26-11-9-19-14-25-15-20(19)10-12-26/h3-8,13,19-20,25H,9-12,14-15H2,1-2H3/t19-,20+. The fourth-order valence-electron chi connectivity index (χ4n) is 4.50. The molecule has 0 unspecified atom stereocenters. The predicted octanol–water partition coefficient (Wildman–Crippen LogP) is 3.61. The molecular weight excluding hydrogens is 348 g/mol. The number of rotatable bonds is 3. The molecule has 28 heavy (non-hydrogen) atoms. The number of fused-ring (bicyclic) bond motifs is 1. The minimum atomic E-state index is -0.0806. The lowest BCUT2D eigenvalue weighted by Crippen LogP contribution is -2.33. The SMILES string of the molecule is Cc1ccc(C(=O)c2ccccc2C(=O)N2CC[C@@H]3CNC[C@@H]3CC2)cc1C. The van der Waals surface area contributed by atoms with Gasteiger partial charge in [-0.15, -0.1) is 0 Å². The Hall–Kier alpha value is -2.46. The number of hydrogen-bond acceptors (Lipinski definition) is 3. The molecule has 0 spiro atoms. The molecule has 4 nitrogen and oxygen atoms in total. The number of likely N-dealkylation sites (tertiary alicyclic amines) is 1. The highest BCUT2D eigenvalue weighted by molar-refractivity contribution is 6.15. The number of carbonyl (C=O) groups excluding carboxylic acids is 2. The third-order valence-electron chi connectivity index (χ3n) is 6.48. The van der Waals surface area contributed by atoms with Gasteiger partial charge in [-0.1, -0.05) is 30.3 Å². The first-order valence-electron chi connectivity index (χ1n) is 10.3. The fraction of sp³-hybridized carbons (Fsp3) is 0.417. The van der Waals surface area contributed by atoms with Gasteiger partial charge in [0.15, 0.2) is 5.78 Å². The van der Waals surface area contributed by atoms with Crippen molar-refractivity contribution >= 4 is 11.7 Å². The lowest BCUT2D eigenvalue weighted by atomic mass is 9.92. The van der Waals surface area contributed by atoms with Crippen LogP contribution >= 0.6 is 0 Å². The predicted molar refractivity (Wildman–Crippen MR) is 111 cm³/mol. The van der Waals surface area contributed by atoms with Crippen molar-refractivity contribution in [2.75, 3.05) is 26.2 Å². The molecule has 0 aromatic heterocycles. The Kier molecular flexibility index (Phi) is 5.31. The number of ketones is 1. The number of benzene rings is 2. The average molecular weight is 377 g/mol. The summed E-state index contributed by atoms with van der Waals surface area (Å²) in [5.74, 6) is 1.25. The zero-order valence-electron chi connectivity index (χ0n) is 16.7. The minimum Gasteiger partial charge on any atom is -0.339 e. The van der Waals surface area contributed by atoms with Crippen LogP contribution in [-0.2, 0) is 0 Å². The highest BCUT2D eigenvalue weighted by atomic mass is 16.2. The maximum absolute atomic E-state index is 13.3. The molecular formula is C24H28N2O2. The lowest BCUT2D eigenvalue weighted by Gasteiger charge is -2.22. The molecule has 2 aromatic carbocycles. The van der Waals surface area contributed by atoms with Crippen LogP contribution in [0.2, 0.25) is 0 Å². The summed E-state index contributed by atoms with van der Waals surface area (Å²) in [5.41, 5.74) is 3.91. The Labute approximate surface area is 166 Å². The molecule has 0 saturated carbocycles.